The Bertz CT molecular complexity index is 822. The van der Waals surface area contributed by atoms with E-state index in [0.29, 0.717) is 15.9 Å². The van der Waals surface area contributed by atoms with Gasteiger partial charge in [0.2, 0.25) is 11.1 Å². The minimum atomic E-state index is -0.367. The molecule has 1 aromatic heterocycles. The first-order chi connectivity index (χ1) is 11.6. The molecule has 1 unspecified atom stereocenters. The summed E-state index contributed by atoms with van der Waals surface area (Å²) in [5, 5.41) is 15.3. The summed E-state index contributed by atoms with van der Waals surface area (Å²) in [5.74, 6) is -0.134. The summed E-state index contributed by atoms with van der Waals surface area (Å²) in [7, 11) is 0. The van der Waals surface area contributed by atoms with Crippen molar-refractivity contribution in [3.05, 3.63) is 59.6 Å². The van der Waals surface area contributed by atoms with Gasteiger partial charge in [0.05, 0.1) is 10.9 Å². The Morgan fingerprint density at radius 3 is 2.58 bits per heavy atom. The van der Waals surface area contributed by atoms with E-state index in [1.807, 2.05) is 30.3 Å². The van der Waals surface area contributed by atoms with E-state index in [2.05, 4.69) is 20.8 Å². The number of tetrazole rings is 1. The monoisotopic (exact) mass is 359 g/mol. The molecule has 6 nitrogen and oxygen atoms in total. The number of hydrogen-bond donors (Lipinski definition) is 1. The third-order valence-electron chi connectivity index (χ3n) is 3.20. The van der Waals surface area contributed by atoms with Gasteiger partial charge in [0.15, 0.2) is 0 Å². The van der Waals surface area contributed by atoms with Crippen LogP contribution in [0.3, 0.4) is 0 Å². The summed E-state index contributed by atoms with van der Waals surface area (Å²) < 4.78 is 1.61. The number of nitrogens with one attached hydrogen (secondary N) is 1. The molecule has 0 saturated carbocycles. The first-order valence-corrected chi connectivity index (χ1v) is 8.46. The van der Waals surface area contributed by atoms with Gasteiger partial charge in [-0.3, -0.25) is 4.79 Å². The first kappa shape index (κ1) is 16.5. The lowest BCUT2D eigenvalue weighted by molar-refractivity contribution is -0.115. The highest BCUT2D eigenvalue weighted by Crippen LogP contribution is 2.24. The topological polar surface area (TPSA) is 72.7 Å². The van der Waals surface area contributed by atoms with Crippen molar-refractivity contribution in [1.82, 2.24) is 20.2 Å². The molecule has 0 saturated heterocycles. The van der Waals surface area contributed by atoms with Crippen LogP contribution in [-0.4, -0.2) is 31.4 Å². The minimum absolute atomic E-state index is 0.134. The lowest BCUT2D eigenvalue weighted by atomic mass is 10.3. The first-order valence-electron chi connectivity index (χ1n) is 7.20. The van der Waals surface area contributed by atoms with Crippen molar-refractivity contribution in [3.8, 4) is 5.69 Å². The second kappa shape index (κ2) is 7.46. The highest BCUT2D eigenvalue weighted by molar-refractivity contribution is 8.00. The molecular formula is C16H14ClN5OS. The number of nitrogens with zero attached hydrogens (tertiary/aromatic N) is 4. The van der Waals surface area contributed by atoms with Crippen LogP contribution in [0.1, 0.15) is 6.92 Å². The van der Waals surface area contributed by atoms with Gasteiger partial charge in [-0.25, -0.2) is 0 Å². The lowest BCUT2D eigenvalue weighted by Crippen LogP contribution is -2.22. The number of carbonyl (C=O) groups excluding carboxylic acids is 1. The molecule has 0 aliphatic heterocycles. The van der Waals surface area contributed by atoms with Gasteiger partial charge in [-0.05, 0) is 53.7 Å². The van der Waals surface area contributed by atoms with E-state index < -0.39 is 0 Å². The summed E-state index contributed by atoms with van der Waals surface area (Å²) in [6, 6.07) is 16.5. The third kappa shape index (κ3) is 3.93. The molecule has 3 rings (SSSR count). The van der Waals surface area contributed by atoms with Crippen LogP contribution >= 0.6 is 23.4 Å². The van der Waals surface area contributed by atoms with Gasteiger partial charge in [-0.1, -0.05) is 41.6 Å². The van der Waals surface area contributed by atoms with Crippen molar-refractivity contribution in [3.63, 3.8) is 0 Å². The van der Waals surface area contributed by atoms with E-state index in [0.717, 1.165) is 5.69 Å². The van der Waals surface area contributed by atoms with Gasteiger partial charge in [0.1, 0.15) is 0 Å². The van der Waals surface area contributed by atoms with Crippen LogP contribution in [0.4, 0.5) is 5.69 Å². The van der Waals surface area contributed by atoms with Crippen LogP contribution < -0.4 is 5.32 Å². The van der Waals surface area contributed by atoms with Gasteiger partial charge in [0, 0.05) is 10.7 Å². The van der Waals surface area contributed by atoms with E-state index in [1.165, 1.54) is 11.8 Å². The molecular weight excluding hydrogens is 346 g/mol. The molecule has 8 heteroatoms. The summed E-state index contributed by atoms with van der Waals surface area (Å²) in [6.45, 7) is 1.81. The van der Waals surface area contributed by atoms with Crippen LogP contribution in [-0.2, 0) is 4.79 Å². The number of hydrogen-bond acceptors (Lipinski definition) is 5. The SMILES string of the molecule is CC(Sc1nnnn1-c1ccccc1)C(=O)Nc1ccc(Cl)cc1. The fourth-order valence-corrected chi connectivity index (χ4v) is 2.91. The zero-order valence-electron chi connectivity index (χ0n) is 12.8. The molecule has 24 heavy (non-hydrogen) atoms. The molecule has 0 aliphatic rings. The number of anilines is 1. The Morgan fingerprint density at radius 1 is 1.17 bits per heavy atom. The van der Waals surface area contributed by atoms with Crippen molar-refractivity contribution in [2.75, 3.05) is 5.32 Å². The predicted octanol–water partition coefficient (Wildman–Crippen LogP) is 3.44. The van der Waals surface area contributed by atoms with E-state index in [4.69, 9.17) is 11.6 Å². The fraction of sp³-hybridized carbons (Fsp3) is 0.125. The lowest BCUT2D eigenvalue weighted by Gasteiger charge is -2.11. The average Bonchev–Trinajstić information content (AvgIpc) is 3.05. The Morgan fingerprint density at radius 2 is 1.88 bits per heavy atom. The molecule has 0 fully saturated rings. The summed E-state index contributed by atoms with van der Waals surface area (Å²) in [5.41, 5.74) is 1.54. The number of carbonyl (C=O) groups is 1. The van der Waals surface area contributed by atoms with Gasteiger partial charge in [0.25, 0.3) is 0 Å². The second-order valence-corrected chi connectivity index (χ2v) is 6.71. The summed E-state index contributed by atoms with van der Waals surface area (Å²) in [4.78, 5) is 12.3. The number of amides is 1. The molecule has 1 amide bonds. The number of halogens is 1. The van der Waals surface area contributed by atoms with Crippen molar-refractivity contribution in [1.29, 1.82) is 0 Å². The van der Waals surface area contributed by atoms with Crippen molar-refractivity contribution >= 4 is 35.0 Å². The fourth-order valence-electron chi connectivity index (χ4n) is 1.97. The maximum atomic E-state index is 12.3. The van der Waals surface area contributed by atoms with E-state index in [1.54, 1.807) is 35.9 Å². The minimum Gasteiger partial charge on any atom is -0.325 e. The molecule has 0 bridgehead atoms. The van der Waals surface area contributed by atoms with E-state index >= 15 is 0 Å². The Balaban J connectivity index is 1.69. The highest BCUT2D eigenvalue weighted by Gasteiger charge is 2.19. The zero-order chi connectivity index (χ0) is 16.9. The molecule has 0 spiro atoms. The van der Waals surface area contributed by atoms with Gasteiger partial charge in [-0.2, -0.15) is 4.68 Å². The van der Waals surface area contributed by atoms with Crippen LogP contribution in [0.15, 0.2) is 59.8 Å². The Hall–Kier alpha value is -2.38. The largest absolute Gasteiger partial charge is 0.325 e. The predicted molar refractivity (Wildman–Crippen MR) is 94.6 cm³/mol. The van der Waals surface area contributed by atoms with Crippen molar-refractivity contribution < 1.29 is 4.79 Å². The smallest absolute Gasteiger partial charge is 0.237 e. The van der Waals surface area contributed by atoms with Gasteiger partial charge >= 0.3 is 0 Å². The molecule has 122 valence electrons. The van der Waals surface area contributed by atoms with Crippen molar-refractivity contribution in [2.45, 2.75) is 17.3 Å². The maximum absolute atomic E-state index is 12.3. The van der Waals surface area contributed by atoms with Crippen LogP contribution in [0.2, 0.25) is 5.02 Å². The number of thioether (sulfide) groups is 1. The normalized spacial score (nSPS) is 11.9. The molecule has 0 radical (unpaired) electrons. The molecule has 1 atom stereocenters. The number of para-hydroxylation sites is 1. The van der Waals surface area contributed by atoms with Crippen LogP contribution in [0.25, 0.3) is 5.69 Å². The molecule has 1 heterocycles. The Labute approximate surface area is 148 Å². The number of benzene rings is 2. The van der Waals surface area contributed by atoms with Gasteiger partial charge in [-0.15, -0.1) is 5.10 Å². The van der Waals surface area contributed by atoms with Crippen molar-refractivity contribution in [2.24, 2.45) is 0 Å². The standard InChI is InChI=1S/C16H14ClN5OS/c1-11(15(23)18-13-9-7-12(17)8-10-13)24-16-19-20-21-22(16)14-5-3-2-4-6-14/h2-11H,1H3,(H,18,23). The molecule has 2 aromatic carbocycles. The van der Waals surface area contributed by atoms with Crippen LogP contribution in [0.5, 0.6) is 0 Å². The van der Waals surface area contributed by atoms with Gasteiger partial charge < -0.3 is 5.32 Å². The number of aromatic nitrogens is 4. The molecule has 1 N–H and O–H groups in total. The maximum Gasteiger partial charge on any atom is 0.237 e. The quantitative estimate of drug-likeness (QED) is 0.706. The zero-order valence-corrected chi connectivity index (χ0v) is 14.3. The number of rotatable bonds is 5. The second-order valence-electron chi connectivity index (χ2n) is 4.97. The van der Waals surface area contributed by atoms with E-state index in [9.17, 15) is 4.79 Å². The average molecular weight is 360 g/mol. The summed E-state index contributed by atoms with van der Waals surface area (Å²) in [6.07, 6.45) is 0. The van der Waals surface area contributed by atoms with Crippen LogP contribution in [0, 0.1) is 0 Å². The Kier molecular flexibility index (Phi) is 5.12. The molecule has 3 aromatic rings. The molecule has 0 aliphatic carbocycles. The van der Waals surface area contributed by atoms with E-state index in [-0.39, 0.29) is 11.2 Å². The third-order valence-corrected chi connectivity index (χ3v) is 4.49. The summed E-state index contributed by atoms with van der Waals surface area (Å²) >= 11 is 7.13. The highest BCUT2D eigenvalue weighted by atomic mass is 35.5.